The molecule has 1 aliphatic carbocycles. The first-order chi connectivity index (χ1) is 18.1. The Bertz CT molecular complexity index is 1100. The summed E-state index contributed by atoms with van der Waals surface area (Å²) in [5.41, 5.74) is 4.88. The van der Waals surface area contributed by atoms with Crippen LogP contribution < -0.4 is 10.4 Å². The fraction of sp³-hybridized carbons (Fsp3) is 0.556. The summed E-state index contributed by atoms with van der Waals surface area (Å²) >= 11 is 3.50. The fourth-order valence-corrected chi connectivity index (χ4v) is 6.02. The van der Waals surface area contributed by atoms with E-state index in [9.17, 15) is 10.1 Å². The number of amides is 1. The number of hydrazine groups is 1. The van der Waals surface area contributed by atoms with Gasteiger partial charge in [-0.1, -0.05) is 25.0 Å². The van der Waals surface area contributed by atoms with Crippen LogP contribution in [0.15, 0.2) is 34.9 Å². The Morgan fingerprint density at radius 3 is 2.49 bits per heavy atom. The van der Waals surface area contributed by atoms with Gasteiger partial charge in [-0.3, -0.25) is 25.0 Å². The van der Waals surface area contributed by atoms with Crippen molar-refractivity contribution < 1.29 is 9.53 Å². The number of carbonyl (C=O) groups excluding carboxylic acids is 1. The summed E-state index contributed by atoms with van der Waals surface area (Å²) in [4.78, 5) is 26.7. The van der Waals surface area contributed by atoms with Crippen molar-refractivity contribution in [2.75, 3.05) is 44.4 Å². The molecule has 3 fully saturated rings. The lowest BCUT2D eigenvalue weighted by Gasteiger charge is -2.40. The number of hydrogen-bond acceptors (Lipinski definition) is 8. The van der Waals surface area contributed by atoms with E-state index in [4.69, 9.17) is 4.74 Å². The predicted octanol–water partition coefficient (Wildman–Crippen LogP) is 3.50. The molecule has 1 saturated carbocycles. The largest absolute Gasteiger partial charge is 0.379 e. The van der Waals surface area contributed by atoms with Gasteiger partial charge in [-0.05, 0) is 72.4 Å². The zero-order valence-electron chi connectivity index (χ0n) is 21.1. The van der Waals surface area contributed by atoms with E-state index in [0.717, 1.165) is 71.6 Å². The number of rotatable bonds is 7. The molecule has 1 amide bonds. The molecule has 2 aliphatic heterocycles. The van der Waals surface area contributed by atoms with Gasteiger partial charge in [0.1, 0.15) is 6.07 Å². The summed E-state index contributed by atoms with van der Waals surface area (Å²) in [5, 5.41) is 11.1. The highest BCUT2D eigenvalue weighted by Crippen LogP contribution is 2.30. The van der Waals surface area contributed by atoms with Crippen LogP contribution in [0.2, 0.25) is 0 Å². The lowest BCUT2D eigenvalue weighted by Crippen LogP contribution is -2.49. The minimum atomic E-state index is -0.186. The maximum absolute atomic E-state index is 13.2. The molecular weight excluding hydrogens is 534 g/mol. The van der Waals surface area contributed by atoms with Crippen molar-refractivity contribution >= 4 is 27.7 Å². The minimum Gasteiger partial charge on any atom is -0.379 e. The summed E-state index contributed by atoms with van der Waals surface area (Å²) in [6, 6.07) is 10.7. The van der Waals surface area contributed by atoms with Gasteiger partial charge < -0.3 is 4.74 Å². The molecule has 5 rings (SSSR count). The van der Waals surface area contributed by atoms with Crippen LogP contribution in [0.4, 0.5) is 5.82 Å². The van der Waals surface area contributed by atoms with E-state index in [1.807, 2.05) is 23.2 Å². The van der Waals surface area contributed by atoms with Crippen LogP contribution in [0.1, 0.15) is 60.3 Å². The van der Waals surface area contributed by atoms with E-state index in [-0.39, 0.29) is 17.8 Å². The smallest absolute Gasteiger partial charge is 0.269 e. The topological polar surface area (TPSA) is 97.6 Å². The molecule has 9 nitrogen and oxygen atoms in total. The molecule has 1 N–H and O–H groups in total. The SMILES string of the molecule is N#Cc1ncc(Br)c(N(NC(=O)c2ccc(CN3CCC(N4CCOCC4)CC3)cc2)C2CCCC2)n1. The van der Waals surface area contributed by atoms with Crippen LogP contribution in [0.3, 0.4) is 0 Å². The number of nitriles is 1. The Kier molecular flexibility index (Phi) is 8.66. The van der Waals surface area contributed by atoms with E-state index < -0.39 is 0 Å². The van der Waals surface area contributed by atoms with Crippen LogP contribution in [0.5, 0.6) is 0 Å². The van der Waals surface area contributed by atoms with Crippen molar-refractivity contribution in [1.29, 1.82) is 5.26 Å². The number of hydrogen-bond donors (Lipinski definition) is 1. The monoisotopic (exact) mass is 567 g/mol. The van der Waals surface area contributed by atoms with Crippen molar-refractivity contribution in [3.05, 3.63) is 51.9 Å². The molecule has 1 aromatic heterocycles. The second kappa shape index (κ2) is 12.3. The summed E-state index contributed by atoms with van der Waals surface area (Å²) in [5.74, 6) is 0.409. The first-order valence-corrected chi connectivity index (χ1v) is 14.1. The molecule has 0 atom stereocenters. The maximum atomic E-state index is 13.2. The number of nitrogens with zero attached hydrogens (tertiary/aromatic N) is 6. The van der Waals surface area contributed by atoms with Gasteiger partial charge in [-0.15, -0.1) is 0 Å². The third kappa shape index (κ3) is 6.47. The number of carbonyl (C=O) groups is 1. The number of anilines is 1. The number of piperidine rings is 1. The van der Waals surface area contributed by atoms with Crippen molar-refractivity contribution in [3.63, 3.8) is 0 Å². The highest BCUT2D eigenvalue weighted by atomic mass is 79.9. The summed E-state index contributed by atoms with van der Waals surface area (Å²) in [7, 11) is 0. The lowest BCUT2D eigenvalue weighted by molar-refractivity contribution is 0.000231. The second-order valence-electron chi connectivity index (χ2n) is 10.1. The zero-order chi connectivity index (χ0) is 25.6. The third-order valence-electron chi connectivity index (χ3n) is 7.71. The minimum absolute atomic E-state index is 0.0776. The van der Waals surface area contributed by atoms with Crippen LogP contribution in [-0.4, -0.2) is 77.2 Å². The Hall–Kier alpha value is -2.58. The Morgan fingerprint density at radius 1 is 1.11 bits per heavy atom. The van der Waals surface area contributed by atoms with Gasteiger partial charge in [-0.2, -0.15) is 10.2 Å². The van der Waals surface area contributed by atoms with Gasteiger partial charge in [0.05, 0.1) is 23.7 Å². The number of benzene rings is 1. The second-order valence-corrected chi connectivity index (χ2v) is 10.9. The van der Waals surface area contributed by atoms with Crippen molar-refractivity contribution in [3.8, 4) is 6.07 Å². The quantitative estimate of drug-likeness (QED) is 0.507. The normalized spacial score (nSPS) is 20.0. The number of morpholine rings is 1. The van der Waals surface area contributed by atoms with Gasteiger partial charge in [0.2, 0.25) is 5.82 Å². The average molecular weight is 569 g/mol. The molecule has 2 aromatic rings. The van der Waals surface area contributed by atoms with Crippen LogP contribution in [0.25, 0.3) is 0 Å². The first kappa shape index (κ1) is 26.0. The summed E-state index contributed by atoms with van der Waals surface area (Å²) < 4.78 is 6.14. The predicted molar refractivity (Wildman–Crippen MR) is 144 cm³/mol. The lowest BCUT2D eigenvalue weighted by atomic mass is 10.0. The molecule has 37 heavy (non-hydrogen) atoms. The van der Waals surface area contributed by atoms with Gasteiger partial charge in [0.15, 0.2) is 5.82 Å². The zero-order valence-corrected chi connectivity index (χ0v) is 22.7. The van der Waals surface area contributed by atoms with Crippen LogP contribution in [0, 0.1) is 11.3 Å². The maximum Gasteiger partial charge on any atom is 0.269 e. The average Bonchev–Trinajstić information content (AvgIpc) is 3.48. The number of aromatic nitrogens is 2. The molecule has 10 heteroatoms. The Morgan fingerprint density at radius 2 is 1.81 bits per heavy atom. The molecule has 0 spiro atoms. The summed E-state index contributed by atoms with van der Waals surface area (Å²) in [6.45, 7) is 6.92. The standard InChI is InChI=1S/C27H34BrN7O2/c28-24-18-30-25(17-29)31-26(24)35(23-3-1-2-4-23)32-27(36)21-7-5-20(6-8-21)19-33-11-9-22(10-12-33)34-13-15-37-16-14-34/h5-8,18,22-23H,1-4,9-16,19H2,(H,32,36). The molecule has 0 radical (unpaired) electrons. The van der Waals surface area contributed by atoms with Gasteiger partial charge in [-0.25, -0.2) is 4.98 Å². The van der Waals surface area contributed by atoms with E-state index in [0.29, 0.717) is 21.9 Å². The first-order valence-electron chi connectivity index (χ1n) is 13.3. The van der Waals surface area contributed by atoms with E-state index in [2.05, 4.69) is 53.3 Å². The van der Waals surface area contributed by atoms with Crippen LogP contribution in [-0.2, 0) is 11.3 Å². The molecule has 3 aliphatic rings. The number of likely N-dealkylation sites (tertiary alicyclic amines) is 1. The third-order valence-corrected chi connectivity index (χ3v) is 8.27. The number of ether oxygens (including phenoxy) is 1. The molecule has 0 bridgehead atoms. The molecule has 1 aromatic carbocycles. The van der Waals surface area contributed by atoms with Gasteiger partial charge >= 0.3 is 0 Å². The molecule has 0 unspecified atom stereocenters. The van der Waals surface area contributed by atoms with Gasteiger partial charge in [0, 0.05) is 37.4 Å². The number of halogens is 1. The highest BCUT2D eigenvalue weighted by Gasteiger charge is 2.28. The Balaban J connectivity index is 1.19. The molecule has 3 heterocycles. The summed E-state index contributed by atoms with van der Waals surface area (Å²) in [6.07, 6.45) is 8.08. The molecule has 2 saturated heterocycles. The van der Waals surface area contributed by atoms with E-state index in [1.165, 1.54) is 18.4 Å². The van der Waals surface area contributed by atoms with Crippen molar-refractivity contribution in [1.82, 2.24) is 25.2 Å². The van der Waals surface area contributed by atoms with Crippen molar-refractivity contribution in [2.24, 2.45) is 0 Å². The fourth-order valence-electron chi connectivity index (χ4n) is 5.64. The molecular formula is C27H34BrN7O2. The van der Waals surface area contributed by atoms with Crippen LogP contribution >= 0.6 is 15.9 Å². The van der Waals surface area contributed by atoms with Gasteiger partial charge in [0.25, 0.3) is 5.91 Å². The Labute approximate surface area is 226 Å². The molecule has 196 valence electrons. The highest BCUT2D eigenvalue weighted by molar-refractivity contribution is 9.10. The number of nitrogens with one attached hydrogen (secondary N) is 1. The van der Waals surface area contributed by atoms with E-state index in [1.54, 1.807) is 6.20 Å². The van der Waals surface area contributed by atoms with Crippen molar-refractivity contribution in [2.45, 2.75) is 57.2 Å². The van der Waals surface area contributed by atoms with E-state index >= 15 is 0 Å².